The molecule has 47 heavy (non-hydrogen) atoms. The Hall–Kier alpha value is -3.95. The van der Waals surface area contributed by atoms with Crippen LogP contribution < -0.4 is 28.2 Å². The predicted molar refractivity (Wildman–Crippen MR) is 199 cm³/mol. The molecule has 4 aromatic rings. The van der Waals surface area contributed by atoms with Gasteiger partial charge in [-0.2, -0.15) is 4.98 Å². The molecule has 8 N–H and O–H groups in total. The number of nitrogens with one attached hydrogen (secondary N) is 2. The van der Waals surface area contributed by atoms with Gasteiger partial charge < -0.3 is 27.5 Å². The number of unbranched alkanes of at least 4 members (excludes halogenated alkanes) is 1. The van der Waals surface area contributed by atoms with Crippen molar-refractivity contribution >= 4 is 17.0 Å². The molecule has 0 spiro atoms. The van der Waals surface area contributed by atoms with Crippen molar-refractivity contribution in [2.45, 2.75) is 105 Å². The second-order valence-corrected chi connectivity index (χ2v) is 14.4. The molecule has 0 amide bonds. The van der Waals surface area contributed by atoms with Gasteiger partial charge in [-0.05, 0) is 104 Å². The number of hydrogen-bond acceptors (Lipinski definition) is 5. The minimum atomic E-state index is -0.301. The standard InChI is InChI=1S/C21H29N7O.C17H29N/c1-21(2,3)17-11-15-13-28(20(29)27-18(15)26-17)16-7-5-14(6-8-16)12-24-9-4-10-25-19(22)23;1-6-15-11-14(9-7-8-10-18)12-16(13(15)2)17(3,4)5/h5-8,11,13,24H,4,9-10,12H2,1-3H3,(H4,22,23,25)(H,26,27,29);11-12H,6-10,18H2,1-5H3. The highest BCUT2D eigenvalue weighted by Crippen LogP contribution is 2.30. The fourth-order valence-corrected chi connectivity index (χ4v) is 5.61. The Bertz CT molecular complexity index is 1660. The second-order valence-electron chi connectivity index (χ2n) is 14.4. The fourth-order valence-electron chi connectivity index (χ4n) is 5.61. The number of H-pyrrole nitrogens is 1. The maximum absolute atomic E-state index is 12.5. The van der Waals surface area contributed by atoms with Crippen LogP contribution in [0, 0.1) is 6.92 Å². The van der Waals surface area contributed by atoms with Gasteiger partial charge in [-0.3, -0.25) is 9.56 Å². The summed E-state index contributed by atoms with van der Waals surface area (Å²) in [5, 5.41) is 4.27. The third kappa shape index (κ3) is 11.1. The lowest BCUT2D eigenvalue weighted by molar-refractivity contribution is 0.574. The molecule has 2 aromatic carbocycles. The number of benzene rings is 2. The zero-order valence-electron chi connectivity index (χ0n) is 30.0. The zero-order chi connectivity index (χ0) is 34.8. The van der Waals surface area contributed by atoms with Crippen LogP contribution >= 0.6 is 0 Å². The molecule has 0 saturated heterocycles. The number of nitrogens with two attached hydrogens (primary N) is 3. The van der Waals surface area contributed by atoms with Crippen molar-refractivity contribution in [3.05, 3.63) is 92.7 Å². The second kappa shape index (κ2) is 16.7. The van der Waals surface area contributed by atoms with Gasteiger partial charge in [0.05, 0.1) is 5.69 Å². The van der Waals surface area contributed by atoms with Crippen LogP contribution in [0.3, 0.4) is 0 Å². The van der Waals surface area contributed by atoms with Crippen molar-refractivity contribution < 1.29 is 0 Å². The first-order chi connectivity index (χ1) is 22.1. The molecule has 9 nitrogen and oxygen atoms in total. The summed E-state index contributed by atoms with van der Waals surface area (Å²) in [6.45, 7) is 20.8. The van der Waals surface area contributed by atoms with Gasteiger partial charge in [0.25, 0.3) is 0 Å². The number of fused-ring (bicyclic) bond motifs is 1. The molecule has 2 aromatic heterocycles. The van der Waals surface area contributed by atoms with Crippen molar-refractivity contribution in [2.24, 2.45) is 22.2 Å². The third-order valence-electron chi connectivity index (χ3n) is 8.35. The number of aliphatic imine (C=N–C) groups is 1. The van der Waals surface area contributed by atoms with Crippen molar-refractivity contribution in [3.63, 3.8) is 0 Å². The van der Waals surface area contributed by atoms with Crippen LogP contribution in [0.1, 0.15) is 101 Å². The molecule has 2 heterocycles. The lowest BCUT2D eigenvalue weighted by Gasteiger charge is -2.24. The molecule has 256 valence electrons. The number of rotatable bonds is 12. The fraction of sp³-hybridized carbons (Fsp3) is 0.500. The third-order valence-corrected chi connectivity index (χ3v) is 8.35. The summed E-state index contributed by atoms with van der Waals surface area (Å²) < 4.78 is 1.58. The topological polar surface area (TPSA) is 153 Å². The minimum absolute atomic E-state index is 0.0352. The Morgan fingerprint density at radius 2 is 1.66 bits per heavy atom. The van der Waals surface area contributed by atoms with Crippen LogP contribution in [0.5, 0.6) is 0 Å². The molecular weight excluding hydrogens is 584 g/mol. The first-order valence-corrected chi connectivity index (χ1v) is 16.9. The molecule has 0 radical (unpaired) electrons. The number of aromatic nitrogens is 3. The maximum atomic E-state index is 12.5. The van der Waals surface area contributed by atoms with E-state index in [1.54, 1.807) is 4.57 Å². The van der Waals surface area contributed by atoms with Crippen LogP contribution in [-0.2, 0) is 30.2 Å². The van der Waals surface area contributed by atoms with Gasteiger partial charge >= 0.3 is 5.69 Å². The molecule has 0 unspecified atom stereocenters. The van der Waals surface area contributed by atoms with Gasteiger partial charge in [0, 0.05) is 35.8 Å². The molecule has 0 saturated carbocycles. The molecule has 0 atom stereocenters. The van der Waals surface area contributed by atoms with Crippen LogP contribution in [0.2, 0.25) is 0 Å². The van der Waals surface area contributed by atoms with Crippen LogP contribution in [0.15, 0.2) is 58.4 Å². The van der Waals surface area contributed by atoms with Crippen LogP contribution in [-0.4, -0.2) is 40.1 Å². The van der Waals surface area contributed by atoms with Crippen LogP contribution in [0.4, 0.5) is 0 Å². The van der Waals surface area contributed by atoms with E-state index in [2.05, 4.69) is 93.9 Å². The summed E-state index contributed by atoms with van der Waals surface area (Å²) in [5.74, 6) is 0.123. The highest BCUT2D eigenvalue weighted by atomic mass is 16.1. The number of aromatic amines is 1. The highest BCUT2D eigenvalue weighted by Gasteiger charge is 2.19. The molecule has 0 fully saturated rings. The van der Waals surface area contributed by atoms with Gasteiger partial charge in [0.2, 0.25) is 0 Å². The van der Waals surface area contributed by atoms with Crippen molar-refractivity contribution in [1.82, 2.24) is 19.9 Å². The smallest absolute Gasteiger partial charge is 0.354 e. The largest absolute Gasteiger partial charge is 0.370 e. The summed E-state index contributed by atoms with van der Waals surface area (Å²) in [5.41, 5.74) is 25.6. The van der Waals surface area contributed by atoms with E-state index in [0.717, 1.165) is 67.6 Å². The SMILES string of the molecule is CC(C)(C)c1cc2cn(-c3ccc(CNCCCN=C(N)N)cc3)c(=O)nc2[nH]1.CCc1cc(CCCCN)cc(C(C)(C)C)c1C. The molecule has 0 aliphatic carbocycles. The highest BCUT2D eigenvalue weighted by molar-refractivity contribution is 5.76. The number of aryl methyl sites for hydroxylation is 2. The van der Waals surface area contributed by atoms with E-state index < -0.39 is 0 Å². The molecular formula is C38H58N8O. The lowest BCUT2D eigenvalue weighted by Crippen LogP contribution is -2.23. The Morgan fingerprint density at radius 3 is 2.26 bits per heavy atom. The van der Waals surface area contributed by atoms with Gasteiger partial charge in [0.1, 0.15) is 5.65 Å². The Balaban J connectivity index is 0.000000287. The summed E-state index contributed by atoms with van der Waals surface area (Å²) in [7, 11) is 0. The predicted octanol–water partition coefficient (Wildman–Crippen LogP) is 5.90. The van der Waals surface area contributed by atoms with Crippen LogP contribution in [0.25, 0.3) is 16.7 Å². The normalized spacial score (nSPS) is 11.8. The summed E-state index contributed by atoms with van der Waals surface area (Å²) in [6, 6.07) is 14.7. The number of hydrogen-bond donors (Lipinski definition) is 5. The van der Waals surface area contributed by atoms with E-state index >= 15 is 0 Å². The van der Waals surface area contributed by atoms with E-state index in [1.807, 2.05) is 30.5 Å². The molecule has 4 rings (SSSR count). The molecule has 9 heteroatoms. The monoisotopic (exact) mass is 642 g/mol. The lowest BCUT2D eigenvalue weighted by atomic mass is 9.80. The quantitative estimate of drug-likeness (QED) is 0.0737. The van der Waals surface area contributed by atoms with E-state index in [9.17, 15) is 4.79 Å². The molecule has 0 bridgehead atoms. The van der Waals surface area contributed by atoms with Crippen molar-refractivity contribution in [3.8, 4) is 5.69 Å². The van der Waals surface area contributed by atoms with Gasteiger partial charge in [-0.25, -0.2) is 4.79 Å². The zero-order valence-corrected chi connectivity index (χ0v) is 30.0. The maximum Gasteiger partial charge on any atom is 0.354 e. The summed E-state index contributed by atoms with van der Waals surface area (Å²) in [6.07, 6.45) is 7.32. The van der Waals surface area contributed by atoms with E-state index in [-0.39, 0.29) is 22.5 Å². The Kier molecular flexibility index (Phi) is 13.4. The van der Waals surface area contributed by atoms with E-state index in [4.69, 9.17) is 17.2 Å². The number of guanidine groups is 1. The average Bonchev–Trinajstić information content (AvgIpc) is 3.43. The molecule has 0 aliphatic heterocycles. The number of nitrogens with zero attached hydrogens (tertiary/aromatic N) is 3. The summed E-state index contributed by atoms with van der Waals surface area (Å²) in [4.78, 5) is 23.9. The minimum Gasteiger partial charge on any atom is -0.370 e. The van der Waals surface area contributed by atoms with Gasteiger partial charge in [-0.15, -0.1) is 0 Å². The summed E-state index contributed by atoms with van der Waals surface area (Å²) >= 11 is 0. The first kappa shape index (κ1) is 37.5. The average molecular weight is 643 g/mol. The first-order valence-electron chi connectivity index (χ1n) is 16.9. The Morgan fingerprint density at radius 1 is 0.957 bits per heavy atom. The van der Waals surface area contributed by atoms with Gasteiger partial charge in [-0.1, -0.05) is 72.7 Å². The van der Waals surface area contributed by atoms with E-state index in [1.165, 1.54) is 28.7 Å². The Labute approximate surface area is 281 Å². The van der Waals surface area contributed by atoms with E-state index in [0.29, 0.717) is 12.2 Å². The van der Waals surface area contributed by atoms with Crippen molar-refractivity contribution in [2.75, 3.05) is 19.6 Å². The van der Waals surface area contributed by atoms with Gasteiger partial charge in [0.15, 0.2) is 5.96 Å². The molecule has 0 aliphatic rings. The van der Waals surface area contributed by atoms with Crippen molar-refractivity contribution in [1.29, 1.82) is 0 Å².